The van der Waals surface area contributed by atoms with Crippen LogP contribution in [0, 0.1) is 5.92 Å². The maximum atomic E-state index is 14.1. The third-order valence-corrected chi connectivity index (χ3v) is 8.60. The van der Waals surface area contributed by atoms with Crippen LogP contribution < -0.4 is 16.4 Å². The summed E-state index contributed by atoms with van der Waals surface area (Å²) < 4.78 is 21.2. The van der Waals surface area contributed by atoms with E-state index >= 15 is 0 Å². The number of ketones is 1. The predicted molar refractivity (Wildman–Crippen MR) is 147 cm³/mol. The molecule has 2 aromatic carbocycles. The van der Waals surface area contributed by atoms with Crippen molar-refractivity contribution in [2.75, 3.05) is 18.8 Å². The number of piperidine rings is 1. The molecule has 1 saturated heterocycles. The van der Waals surface area contributed by atoms with E-state index in [0.29, 0.717) is 12.2 Å². The Morgan fingerprint density at radius 2 is 1.75 bits per heavy atom. The molecule has 36 heavy (non-hydrogen) atoms. The topological polar surface area (TPSA) is 124 Å². The van der Waals surface area contributed by atoms with Crippen molar-refractivity contribution in [2.24, 2.45) is 11.7 Å². The van der Waals surface area contributed by atoms with Crippen LogP contribution in [0.5, 0.6) is 0 Å². The quantitative estimate of drug-likeness (QED) is 0.442. The molecule has 2 aliphatic rings. The first-order valence-electron chi connectivity index (χ1n) is 12.2. The summed E-state index contributed by atoms with van der Waals surface area (Å²) in [6.45, 7) is 4.94. The first-order chi connectivity index (χ1) is 17.2. The molecule has 4 N–H and O–H groups in total. The molecule has 0 saturated carbocycles. The highest BCUT2D eigenvalue weighted by atomic mass is 32.2. The molecule has 1 heterocycles. The van der Waals surface area contributed by atoms with Crippen molar-refractivity contribution >= 4 is 35.4 Å². The number of amides is 1. The van der Waals surface area contributed by atoms with Gasteiger partial charge in [0.25, 0.3) is 0 Å². The number of carbonyl (C=O) groups is 2. The van der Waals surface area contributed by atoms with Crippen LogP contribution in [-0.4, -0.2) is 50.9 Å². The average Bonchev–Trinajstić information content (AvgIpc) is 3.18. The largest absolute Gasteiger partial charge is 0.616 e. The van der Waals surface area contributed by atoms with Crippen LogP contribution in [0.25, 0.3) is 0 Å². The van der Waals surface area contributed by atoms with Gasteiger partial charge in [-0.15, -0.1) is 0 Å². The molecule has 196 valence electrons. The van der Waals surface area contributed by atoms with E-state index in [0.717, 1.165) is 31.5 Å². The van der Waals surface area contributed by atoms with Gasteiger partial charge in [0, 0.05) is 16.9 Å². The molecule has 7 nitrogen and oxygen atoms in total. The number of nitrogens with one attached hydrogen (secondary N) is 2. The Kier molecular flexibility index (Phi) is 9.88. The van der Waals surface area contributed by atoms with Crippen molar-refractivity contribution in [1.82, 2.24) is 10.6 Å². The van der Waals surface area contributed by atoms with Crippen molar-refractivity contribution in [3.63, 3.8) is 0 Å². The highest BCUT2D eigenvalue weighted by Gasteiger charge is 2.52. The Labute approximate surface area is 221 Å². The molecule has 1 spiro atoms. The molecule has 1 fully saturated rings. The van der Waals surface area contributed by atoms with Crippen LogP contribution in [-0.2, 0) is 50.9 Å². The second-order valence-electron chi connectivity index (χ2n) is 10.2. The molecule has 2 unspecified atom stereocenters. The summed E-state index contributed by atoms with van der Waals surface area (Å²) in [5, 5.41) is 6.30. The number of benzene rings is 2. The van der Waals surface area contributed by atoms with Crippen LogP contribution in [0.4, 0.5) is 0 Å². The third-order valence-electron chi connectivity index (χ3n) is 7.24. The zero-order valence-electron chi connectivity index (χ0n) is 20.9. The fourth-order valence-electron chi connectivity index (χ4n) is 5.44. The summed E-state index contributed by atoms with van der Waals surface area (Å²) in [6.07, 6.45) is 2.39. The van der Waals surface area contributed by atoms with Gasteiger partial charge in [-0.1, -0.05) is 54.6 Å². The zero-order valence-corrected chi connectivity index (χ0v) is 22.7. The Hall–Kier alpha value is -2.04. The maximum Gasteiger partial charge on any atom is 0.240 e. The Morgan fingerprint density at radius 1 is 1.14 bits per heavy atom. The second-order valence-corrected chi connectivity index (χ2v) is 11.7. The van der Waals surface area contributed by atoms with Gasteiger partial charge in [0.2, 0.25) is 5.91 Å². The van der Waals surface area contributed by atoms with E-state index in [1.165, 1.54) is 11.1 Å². The maximum absolute atomic E-state index is 14.1. The molecule has 2 aromatic rings. The molecular weight excluding hydrogens is 494 g/mol. The van der Waals surface area contributed by atoms with E-state index in [1.54, 1.807) is 26.4 Å². The van der Waals surface area contributed by atoms with Crippen molar-refractivity contribution in [1.29, 1.82) is 0 Å². The standard InChI is InChI=1S/C27H35N3O3S.H2OS/c1-26(2,28)25(32)30-23(18-34(33)17-19-8-4-3-5-9-19)24(31)22-16-20-10-6-7-11-21(20)27(22)12-14-29-15-13-27;1-2/h3-11,22-23,29H,12-18,28H2,1-2H3,(H,30,32);2H2/t22?,23-,34?;/m1./s1. The van der Waals surface area contributed by atoms with Crippen LogP contribution >= 0.6 is 0 Å². The fraction of sp³-hybridized carbons (Fsp3) is 0.481. The SMILES string of the molecule is CC(C)(N)C(=O)N[C@H](C[S+]([O-])Cc1ccccc1)C(=O)C1Cc2ccccc2C12CCNCC2.O=[SH2]. The minimum atomic E-state index is -1.32. The number of Topliss-reactive ketones (excluding diaryl/α,β-unsaturated/α-hetero) is 1. The van der Waals surface area contributed by atoms with Gasteiger partial charge in [0.05, 0.1) is 5.54 Å². The lowest BCUT2D eigenvalue weighted by molar-refractivity contribution is -0.132. The lowest BCUT2D eigenvalue weighted by Crippen LogP contribution is -2.58. The summed E-state index contributed by atoms with van der Waals surface area (Å²) in [5.41, 5.74) is 8.05. The highest BCUT2D eigenvalue weighted by molar-refractivity contribution is 7.90. The first kappa shape index (κ1) is 28.5. The van der Waals surface area contributed by atoms with E-state index < -0.39 is 28.7 Å². The molecule has 1 aliphatic carbocycles. The lowest BCUT2D eigenvalue weighted by atomic mass is 9.66. The van der Waals surface area contributed by atoms with E-state index in [9.17, 15) is 14.1 Å². The molecule has 0 bridgehead atoms. The number of nitrogens with two attached hydrogens (primary N) is 1. The second kappa shape index (κ2) is 12.5. The molecule has 9 heteroatoms. The number of carbonyl (C=O) groups excluding carboxylic acids is 2. The van der Waals surface area contributed by atoms with E-state index in [2.05, 4.69) is 22.8 Å². The molecule has 1 amide bonds. The minimum Gasteiger partial charge on any atom is -0.616 e. The van der Waals surface area contributed by atoms with E-state index in [4.69, 9.17) is 9.94 Å². The molecule has 1 aliphatic heterocycles. The fourth-order valence-corrected chi connectivity index (χ4v) is 6.74. The molecule has 3 atom stereocenters. The van der Waals surface area contributed by atoms with Gasteiger partial charge in [0.1, 0.15) is 17.5 Å². The smallest absolute Gasteiger partial charge is 0.240 e. The van der Waals surface area contributed by atoms with Gasteiger partial charge in [-0.25, -0.2) is 0 Å². The normalized spacial score (nSPS) is 20.0. The lowest BCUT2D eigenvalue weighted by Gasteiger charge is -2.41. The summed E-state index contributed by atoms with van der Waals surface area (Å²) in [5.74, 6) is -0.273. The zero-order chi connectivity index (χ0) is 26.3. The van der Waals surface area contributed by atoms with Crippen LogP contribution in [0.1, 0.15) is 43.4 Å². The van der Waals surface area contributed by atoms with Gasteiger partial charge >= 0.3 is 0 Å². The van der Waals surface area contributed by atoms with Crippen molar-refractivity contribution in [2.45, 2.75) is 55.9 Å². The average molecular weight is 532 g/mol. The highest BCUT2D eigenvalue weighted by Crippen LogP contribution is 2.49. The van der Waals surface area contributed by atoms with Crippen LogP contribution in [0.2, 0.25) is 0 Å². The van der Waals surface area contributed by atoms with Crippen molar-refractivity contribution in [3.05, 3.63) is 71.3 Å². The summed E-state index contributed by atoms with van der Waals surface area (Å²) in [4.78, 5) is 27.0. The third kappa shape index (κ3) is 6.44. The van der Waals surface area contributed by atoms with Gasteiger partial charge in [0.15, 0.2) is 5.78 Å². The van der Waals surface area contributed by atoms with Crippen molar-refractivity contribution in [3.8, 4) is 0 Å². The number of hydrogen-bond donors (Lipinski definition) is 3. The Balaban J connectivity index is 0.00000176. The first-order valence-corrected chi connectivity index (χ1v) is 14.1. The Morgan fingerprint density at radius 3 is 2.39 bits per heavy atom. The van der Waals surface area contributed by atoms with Gasteiger partial charge in [-0.2, -0.15) is 0 Å². The van der Waals surface area contributed by atoms with Crippen molar-refractivity contribution < 1.29 is 18.4 Å². The monoisotopic (exact) mass is 531 g/mol. The summed E-state index contributed by atoms with van der Waals surface area (Å²) in [6, 6.07) is 17.1. The van der Waals surface area contributed by atoms with E-state index in [-0.39, 0.29) is 22.9 Å². The van der Waals surface area contributed by atoms with Crippen LogP contribution in [0.15, 0.2) is 54.6 Å². The minimum absolute atomic E-state index is 0.0305. The predicted octanol–water partition coefficient (Wildman–Crippen LogP) is 1.35. The molecule has 0 aromatic heterocycles. The van der Waals surface area contributed by atoms with Gasteiger partial charge < -0.3 is 20.9 Å². The van der Waals surface area contributed by atoms with E-state index in [1.807, 2.05) is 42.5 Å². The molecule has 0 radical (unpaired) electrons. The number of rotatable bonds is 8. The number of fused-ring (bicyclic) bond motifs is 2. The molecule has 4 rings (SSSR count). The summed E-state index contributed by atoms with van der Waals surface area (Å²) in [7, 11) is 0. The van der Waals surface area contributed by atoms with Crippen LogP contribution in [0.3, 0.4) is 0 Å². The number of hydrogen-bond acceptors (Lipinski definition) is 6. The molecular formula is C27H37N3O4S2. The van der Waals surface area contributed by atoms with Gasteiger partial charge in [-0.05, 0) is 81.0 Å². The Bertz CT molecular complexity index is 1040. The summed E-state index contributed by atoms with van der Waals surface area (Å²) >= 11 is 0.402. The van der Waals surface area contributed by atoms with Gasteiger partial charge in [-0.3, -0.25) is 13.8 Å².